The molecular weight excluding hydrogens is 368 g/mol. The Kier molecular flexibility index (Phi) is 6.94. The Labute approximate surface area is 161 Å². The van der Waals surface area contributed by atoms with Crippen LogP contribution < -0.4 is 10.6 Å². The lowest BCUT2D eigenvalue weighted by Crippen LogP contribution is -2.43. The topological polar surface area (TPSA) is 73.8 Å². The molecule has 1 saturated heterocycles. The number of aliphatic imine (C=N–C) groups is 1. The maximum absolute atomic E-state index is 12.7. The number of nitrogens with zero attached hydrogens (tertiary/aromatic N) is 2. The van der Waals surface area contributed by atoms with Crippen molar-refractivity contribution in [2.45, 2.75) is 68.2 Å². The third-order valence-corrected chi connectivity index (χ3v) is 8.60. The Morgan fingerprint density at radius 1 is 1.15 bits per heavy atom. The van der Waals surface area contributed by atoms with E-state index in [9.17, 15) is 8.42 Å². The molecule has 0 amide bonds. The number of hydrogen-bond donors (Lipinski definition) is 2. The summed E-state index contributed by atoms with van der Waals surface area (Å²) in [6.45, 7) is 1.88. The number of piperidine rings is 1. The Balaban J connectivity index is 1.55. The highest BCUT2D eigenvalue weighted by Gasteiger charge is 2.27. The summed E-state index contributed by atoms with van der Waals surface area (Å²) < 4.78 is 27.6. The molecular formula is C18H30N4O2S2. The standard InChI is InChI=1S/C18H30N4O2S2/c1-19-18(21-15-8-4-2-5-9-15)20-14-16-10-11-17(25-16)26(23,24)22-12-6-3-7-13-22/h10-11,15H,2-9,12-14H2,1H3,(H2,19,20,21). The zero-order valence-electron chi connectivity index (χ0n) is 15.5. The SMILES string of the molecule is CN=C(NCc1ccc(S(=O)(=O)N2CCCCC2)s1)NC1CCCCC1. The molecule has 1 aliphatic heterocycles. The van der Waals surface area contributed by atoms with Gasteiger partial charge in [-0.15, -0.1) is 11.3 Å². The van der Waals surface area contributed by atoms with E-state index in [1.54, 1.807) is 17.4 Å². The fourth-order valence-corrected chi connectivity index (χ4v) is 6.60. The highest BCUT2D eigenvalue weighted by atomic mass is 32.2. The molecule has 1 saturated carbocycles. The fraction of sp³-hybridized carbons (Fsp3) is 0.722. The van der Waals surface area contributed by atoms with Crippen molar-refractivity contribution >= 4 is 27.3 Å². The van der Waals surface area contributed by atoms with Crippen LogP contribution in [0.15, 0.2) is 21.3 Å². The Morgan fingerprint density at radius 3 is 2.54 bits per heavy atom. The van der Waals surface area contributed by atoms with Crippen LogP contribution in [0.3, 0.4) is 0 Å². The first-order valence-corrected chi connectivity index (χ1v) is 11.9. The van der Waals surface area contributed by atoms with Crippen LogP contribution in [0.5, 0.6) is 0 Å². The van der Waals surface area contributed by atoms with Crippen LogP contribution in [0.25, 0.3) is 0 Å². The fourth-order valence-electron chi connectivity index (χ4n) is 3.63. The van der Waals surface area contributed by atoms with E-state index in [1.807, 2.05) is 6.07 Å². The van der Waals surface area contributed by atoms with E-state index in [4.69, 9.17) is 0 Å². The van der Waals surface area contributed by atoms with Crippen LogP contribution in [-0.4, -0.2) is 44.9 Å². The van der Waals surface area contributed by atoms with Crippen molar-refractivity contribution in [3.63, 3.8) is 0 Å². The Morgan fingerprint density at radius 2 is 1.85 bits per heavy atom. The van der Waals surface area contributed by atoms with E-state index in [0.717, 1.165) is 30.1 Å². The third kappa shape index (κ3) is 4.98. The van der Waals surface area contributed by atoms with Crippen LogP contribution in [0.2, 0.25) is 0 Å². The number of thiophene rings is 1. The van der Waals surface area contributed by atoms with E-state index in [-0.39, 0.29) is 0 Å². The molecule has 8 heteroatoms. The molecule has 2 aliphatic rings. The average molecular weight is 399 g/mol. The van der Waals surface area contributed by atoms with Gasteiger partial charge in [-0.2, -0.15) is 4.31 Å². The van der Waals surface area contributed by atoms with Gasteiger partial charge >= 0.3 is 0 Å². The maximum Gasteiger partial charge on any atom is 0.252 e. The van der Waals surface area contributed by atoms with Crippen molar-refractivity contribution in [3.05, 3.63) is 17.0 Å². The first kappa shape index (κ1) is 19.6. The van der Waals surface area contributed by atoms with Gasteiger partial charge in [-0.05, 0) is 37.8 Å². The van der Waals surface area contributed by atoms with Crippen LogP contribution in [0.1, 0.15) is 56.2 Å². The molecule has 6 nitrogen and oxygen atoms in total. The average Bonchev–Trinajstić information content (AvgIpc) is 3.16. The zero-order valence-corrected chi connectivity index (χ0v) is 17.2. The molecule has 2 fully saturated rings. The van der Waals surface area contributed by atoms with E-state index in [2.05, 4.69) is 15.6 Å². The highest BCUT2D eigenvalue weighted by Crippen LogP contribution is 2.27. The molecule has 2 N–H and O–H groups in total. The monoisotopic (exact) mass is 398 g/mol. The molecule has 26 heavy (non-hydrogen) atoms. The molecule has 0 radical (unpaired) electrons. The zero-order chi connectivity index (χ0) is 18.4. The van der Waals surface area contributed by atoms with Crippen LogP contribution >= 0.6 is 11.3 Å². The lowest BCUT2D eigenvalue weighted by atomic mass is 9.96. The van der Waals surface area contributed by atoms with Gasteiger partial charge < -0.3 is 10.6 Å². The molecule has 0 aromatic carbocycles. The number of nitrogens with one attached hydrogen (secondary N) is 2. The Bertz CT molecular complexity index is 703. The summed E-state index contributed by atoms with van der Waals surface area (Å²) in [5, 5.41) is 6.80. The normalized spacial score (nSPS) is 20.9. The van der Waals surface area contributed by atoms with Crippen molar-refractivity contribution in [2.24, 2.45) is 4.99 Å². The number of hydrogen-bond acceptors (Lipinski definition) is 4. The van der Waals surface area contributed by atoms with Gasteiger partial charge in [-0.25, -0.2) is 8.42 Å². The van der Waals surface area contributed by atoms with Crippen molar-refractivity contribution in [1.82, 2.24) is 14.9 Å². The van der Waals surface area contributed by atoms with Gasteiger partial charge in [0.15, 0.2) is 5.96 Å². The molecule has 1 aliphatic carbocycles. The molecule has 1 aromatic rings. The molecule has 0 bridgehead atoms. The first-order valence-electron chi connectivity index (χ1n) is 9.65. The number of rotatable bonds is 5. The largest absolute Gasteiger partial charge is 0.354 e. The van der Waals surface area contributed by atoms with E-state index in [0.29, 0.717) is 29.9 Å². The molecule has 2 heterocycles. The predicted octanol–water partition coefficient (Wildman–Crippen LogP) is 2.92. The van der Waals surface area contributed by atoms with Gasteiger partial charge in [0.1, 0.15) is 4.21 Å². The third-order valence-electron chi connectivity index (χ3n) is 5.15. The maximum atomic E-state index is 12.7. The van der Waals surface area contributed by atoms with Crippen molar-refractivity contribution < 1.29 is 8.42 Å². The van der Waals surface area contributed by atoms with Gasteiger partial charge in [0.25, 0.3) is 10.0 Å². The second-order valence-corrected chi connectivity index (χ2v) is 10.4. The van der Waals surface area contributed by atoms with Gasteiger partial charge in [0.2, 0.25) is 0 Å². The summed E-state index contributed by atoms with van der Waals surface area (Å²) in [5.41, 5.74) is 0. The van der Waals surface area contributed by atoms with E-state index in [1.165, 1.54) is 43.4 Å². The number of guanidine groups is 1. The molecule has 0 unspecified atom stereocenters. The summed E-state index contributed by atoms with van der Waals surface area (Å²) >= 11 is 1.36. The number of sulfonamides is 1. The van der Waals surface area contributed by atoms with Crippen molar-refractivity contribution in [1.29, 1.82) is 0 Å². The molecule has 0 atom stereocenters. The summed E-state index contributed by atoms with van der Waals surface area (Å²) in [4.78, 5) is 5.31. The van der Waals surface area contributed by atoms with Crippen LogP contribution in [-0.2, 0) is 16.6 Å². The molecule has 3 rings (SSSR count). The summed E-state index contributed by atoms with van der Waals surface area (Å²) in [6, 6.07) is 4.14. The second-order valence-electron chi connectivity index (χ2n) is 7.09. The van der Waals surface area contributed by atoms with Gasteiger partial charge in [-0.1, -0.05) is 25.7 Å². The quantitative estimate of drug-likeness (QED) is 0.591. The highest BCUT2D eigenvalue weighted by molar-refractivity contribution is 7.91. The minimum Gasteiger partial charge on any atom is -0.354 e. The lowest BCUT2D eigenvalue weighted by molar-refractivity contribution is 0.347. The lowest BCUT2D eigenvalue weighted by Gasteiger charge is -2.25. The molecule has 146 valence electrons. The Hall–Kier alpha value is -1.12. The summed E-state index contributed by atoms with van der Waals surface area (Å²) in [5.74, 6) is 0.797. The van der Waals surface area contributed by atoms with Crippen molar-refractivity contribution in [3.8, 4) is 0 Å². The first-order chi connectivity index (χ1) is 12.6. The smallest absolute Gasteiger partial charge is 0.252 e. The van der Waals surface area contributed by atoms with Crippen LogP contribution in [0.4, 0.5) is 0 Å². The van der Waals surface area contributed by atoms with Gasteiger partial charge in [0.05, 0.1) is 6.54 Å². The summed E-state index contributed by atoms with van der Waals surface area (Å²) in [7, 11) is -1.55. The molecule has 0 spiro atoms. The molecule has 1 aromatic heterocycles. The predicted molar refractivity (Wildman–Crippen MR) is 107 cm³/mol. The van der Waals surface area contributed by atoms with Crippen molar-refractivity contribution in [2.75, 3.05) is 20.1 Å². The summed E-state index contributed by atoms with van der Waals surface area (Å²) in [6.07, 6.45) is 9.31. The minimum absolute atomic E-state index is 0.450. The minimum atomic E-state index is -3.33. The van der Waals surface area contributed by atoms with Gasteiger partial charge in [0, 0.05) is 31.1 Å². The van der Waals surface area contributed by atoms with Crippen LogP contribution in [0, 0.1) is 0 Å². The van der Waals surface area contributed by atoms with E-state index < -0.39 is 10.0 Å². The van der Waals surface area contributed by atoms with Gasteiger partial charge in [-0.3, -0.25) is 4.99 Å². The second kappa shape index (κ2) is 9.19. The van der Waals surface area contributed by atoms with E-state index >= 15 is 0 Å².